The standard InChI is InChI=1S/C8H6F2N2O/c9-8(10)4-1-5-6(2-7(4)13)12-3-11-5/h1-3,8,13H,(H,11,12). The summed E-state index contributed by atoms with van der Waals surface area (Å²) in [5.74, 6) is -0.422. The van der Waals surface area contributed by atoms with Crippen LogP contribution in [0.2, 0.25) is 0 Å². The molecule has 0 atom stereocenters. The van der Waals surface area contributed by atoms with E-state index in [0.29, 0.717) is 11.0 Å². The van der Waals surface area contributed by atoms with E-state index in [1.165, 1.54) is 18.5 Å². The Morgan fingerprint density at radius 3 is 2.85 bits per heavy atom. The Hall–Kier alpha value is -1.65. The van der Waals surface area contributed by atoms with Crippen molar-refractivity contribution >= 4 is 11.0 Å². The number of nitrogens with zero attached hydrogens (tertiary/aromatic N) is 1. The number of hydrogen-bond donors (Lipinski definition) is 2. The zero-order chi connectivity index (χ0) is 9.42. The van der Waals surface area contributed by atoms with Gasteiger partial charge in [0.25, 0.3) is 6.43 Å². The Labute approximate surface area is 72.0 Å². The summed E-state index contributed by atoms with van der Waals surface area (Å²) in [6, 6.07) is 2.41. The molecule has 1 aromatic heterocycles. The van der Waals surface area contributed by atoms with Gasteiger partial charge in [0.2, 0.25) is 0 Å². The number of rotatable bonds is 1. The van der Waals surface area contributed by atoms with E-state index in [9.17, 15) is 8.78 Å². The summed E-state index contributed by atoms with van der Waals surface area (Å²) in [5, 5.41) is 9.16. The van der Waals surface area contributed by atoms with Crippen molar-refractivity contribution in [2.75, 3.05) is 0 Å². The molecule has 0 unspecified atom stereocenters. The molecule has 1 heterocycles. The van der Waals surface area contributed by atoms with Crippen molar-refractivity contribution in [3.63, 3.8) is 0 Å². The van der Waals surface area contributed by atoms with Crippen LogP contribution in [0.15, 0.2) is 18.5 Å². The number of fused-ring (bicyclic) bond motifs is 1. The number of aromatic hydroxyl groups is 1. The van der Waals surface area contributed by atoms with Crippen LogP contribution in [-0.4, -0.2) is 15.1 Å². The third-order valence-electron chi connectivity index (χ3n) is 1.80. The lowest BCUT2D eigenvalue weighted by atomic mass is 10.2. The van der Waals surface area contributed by atoms with Crippen LogP contribution < -0.4 is 0 Å². The van der Waals surface area contributed by atoms with Crippen LogP contribution in [0.3, 0.4) is 0 Å². The predicted molar refractivity (Wildman–Crippen MR) is 42.7 cm³/mol. The molecule has 0 spiro atoms. The van der Waals surface area contributed by atoms with Crippen LogP contribution >= 0.6 is 0 Å². The third kappa shape index (κ3) is 1.22. The Morgan fingerprint density at radius 1 is 1.38 bits per heavy atom. The largest absolute Gasteiger partial charge is 0.507 e. The van der Waals surface area contributed by atoms with Gasteiger partial charge in [0, 0.05) is 6.07 Å². The summed E-state index contributed by atoms with van der Waals surface area (Å²) in [4.78, 5) is 6.51. The summed E-state index contributed by atoms with van der Waals surface area (Å²) in [6.45, 7) is 0. The maximum atomic E-state index is 12.3. The van der Waals surface area contributed by atoms with E-state index in [4.69, 9.17) is 5.11 Å². The Morgan fingerprint density at radius 2 is 2.15 bits per heavy atom. The second-order valence-corrected chi connectivity index (χ2v) is 2.63. The van der Waals surface area contributed by atoms with Gasteiger partial charge in [-0.1, -0.05) is 0 Å². The summed E-state index contributed by atoms with van der Waals surface area (Å²) >= 11 is 0. The highest BCUT2D eigenvalue weighted by molar-refractivity contribution is 5.77. The molecule has 2 rings (SSSR count). The average molecular weight is 184 g/mol. The van der Waals surface area contributed by atoms with Crippen LogP contribution in [-0.2, 0) is 0 Å². The minimum absolute atomic E-state index is 0.378. The number of alkyl halides is 2. The van der Waals surface area contributed by atoms with Gasteiger partial charge in [-0.25, -0.2) is 13.8 Å². The van der Waals surface area contributed by atoms with Crippen LogP contribution in [0.5, 0.6) is 5.75 Å². The van der Waals surface area contributed by atoms with Crippen molar-refractivity contribution in [3.05, 3.63) is 24.0 Å². The van der Waals surface area contributed by atoms with E-state index in [1.807, 2.05) is 0 Å². The Kier molecular flexibility index (Phi) is 1.65. The molecule has 0 aliphatic rings. The fraction of sp³-hybridized carbons (Fsp3) is 0.125. The number of aromatic amines is 1. The van der Waals surface area contributed by atoms with Crippen molar-refractivity contribution < 1.29 is 13.9 Å². The van der Waals surface area contributed by atoms with Crippen LogP contribution in [0, 0.1) is 0 Å². The highest BCUT2D eigenvalue weighted by Crippen LogP contribution is 2.30. The summed E-state index contributed by atoms with van der Waals surface area (Å²) in [5.41, 5.74) is 0.590. The zero-order valence-electron chi connectivity index (χ0n) is 6.46. The number of phenols is 1. The lowest BCUT2D eigenvalue weighted by molar-refractivity contribution is 0.147. The molecule has 68 valence electrons. The van der Waals surface area contributed by atoms with Crippen molar-refractivity contribution in [2.45, 2.75) is 6.43 Å². The molecule has 0 fully saturated rings. The van der Waals surface area contributed by atoms with E-state index >= 15 is 0 Å². The third-order valence-corrected chi connectivity index (χ3v) is 1.80. The first kappa shape index (κ1) is 7.97. The highest BCUT2D eigenvalue weighted by Gasteiger charge is 2.14. The lowest BCUT2D eigenvalue weighted by Crippen LogP contribution is -1.85. The number of phenolic OH excluding ortho intramolecular Hbond substituents is 1. The molecular formula is C8H6F2N2O. The quantitative estimate of drug-likeness (QED) is 0.713. The maximum Gasteiger partial charge on any atom is 0.267 e. The van der Waals surface area contributed by atoms with Crippen molar-refractivity contribution in [1.82, 2.24) is 9.97 Å². The Balaban J connectivity index is 2.69. The number of halogens is 2. The monoisotopic (exact) mass is 184 g/mol. The molecule has 0 aliphatic carbocycles. The topological polar surface area (TPSA) is 48.9 Å². The van der Waals surface area contributed by atoms with Gasteiger partial charge in [-0.15, -0.1) is 0 Å². The molecule has 0 aliphatic heterocycles. The fourth-order valence-corrected chi connectivity index (χ4v) is 1.16. The molecule has 5 heteroatoms. The number of aromatic nitrogens is 2. The minimum atomic E-state index is -2.67. The molecular weight excluding hydrogens is 178 g/mol. The molecule has 0 saturated carbocycles. The van der Waals surface area contributed by atoms with Gasteiger partial charge in [0.15, 0.2) is 0 Å². The minimum Gasteiger partial charge on any atom is -0.507 e. The van der Waals surface area contributed by atoms with E-state index in [-0.39, 0.29) is 5.56 Å². The second-order valence-electron chi connectivity index (χ2n) is 2.63. The SMILES string of the molecule is Oc1cc2nc[nH]c2cc1C(F)F. The van der Waals surface area contributed by atoms with E-state index in [0.717, 1.165) is 0 Å². The number of H-pyrrole nitrogens is 1. The molecule has 3 nitrogen and oxygen atoms in total. The van der Waals surface area contributed by atoms with Crippen LogP contribution in [0.4, 0.5) is 8.78 Å². The van der Waals surface area contributed by atoms with Gasteiger partial charge in [-0.05, 0) is 6.07 Å². The molecule has 13 heavy (non-hydrogen) atoms. The molecule has 0 amide bonds. The van der Waals surface area contributed by atoms with Crippen molar-refractivity contribution in [1.29, 1.82) is 0 Å². The summed E-state index contributed by atoms with van der Waals surface area (Å²) in [7, 11) is 0. The summed E-state index contributed by atoms with van der Waals surface area (Å²) in [6.07, 6.45) is -1.29. The van der Waals surface area contributed by atoms with E-state index in [2.05, 4.69) is 9.97 Å². The first-order chi connectivity index (χ1) is 6.18. The molecule has 0 saturated heterocycles. The lowest BCUT2D eigenvalue weighted by Gasteiger charge is -2.02. The van der Waals surface area contributed by atoms with Gasteiger partial charge in [0.05, 0.1) is 22.9 Å². The van der Waals surface area contributed by atoms with Gasteiger partial charge >= 0.3 is 0 Å². The van der Waals surface area contributed by atoms with Crippen molar-refractivity contribution in [2.24, 2.45) is 0 Å². The van der Waals surface area contributed by atoms with E-state index < -0.39 is 12.2 Å². The molecule has 2 aromatic rings. The van der Waals surface area contributed by atoms with Gasteiger partial charge in [-0.3, -0.25) is 0 Å². The Bertz CT molecular complexity index is 439. The zero-order valence-corrected chi connectivity index (χ0v) is 6.46. The number of nitrogens with one attached hydrogen (secondary N) is 1. The number of hydrogen-bond acceptors (Lipinski definition) is 2. The molecule has 1 aromatic carbocycles. The van der Waals surface area contributed by atoms with Gasteiger partial charge in [0.1, 0.15) is 5.75 Å². The smallest absolute Gasteiger partial charge is 0.267 e. The van der Waals surface area contributed by atoms with Gasteiger partial charge < -0.3 is 10.1 Å². The number of imidazole rings is 1. The molecule has 0 bridgehead atoms. The number of benzene rings is 1. The first-order valence-corrected chi connectivity index (χ1v) is 3.62. The second kappa shape index (κ2) is 2.69. The highest BCUT2D eigenvalue weighted by atomic mass is 19.3. The fourth-order valence-electron chi connectivity index (χ4n) is 1.16. The van der Waals surface area contributed by atoms with Gasteiger partial charge in [-0.2, -0.15) is 0 Å². The maximum absolute atomic E-state index is 12.3. The van der Waals surface area contributed by atoms with Crippen LogP contribution in [0.25, 0.3) is 11.0 Å². The average Bonchev–Trinajstić information content (AvgIpc) is 2.48. The molecule has 0 radical (unpaired) electrons. The normalized spacial score (nSPS) is 11.3. The van der Waals surface area contributed by atoms with Crippen molar-refractivity contribution in [3.8, 4) is 5.75 Å². The predicted octanol–water partition coefficient (Wildman–Crippen LogP) is 2.21. The summed E-state index contributed by atoms with van der Waals surface area (Å²) < 4.78 is 24.5. The van der Waals surface area contributed by atoms with E-state index in [1.54, 1.807) is 0 Å². The molecule has 2 N–H and O–H groups in total. The van der Waals surface area contributed by atoms with Crippen LogP contribution in [0.1, 0.15) is 12.0 Å². The first-order valence-electron chi connectivity index (χ1n) is 3.62.